The molecule has 1 aromatic rings. The highest BCUT2D eigenvalue weighted by atomic mass is 16.2. The predicted molar refractivity (Wildman–Crippen MR) is 85.5 cm³/mol. The van der Waals surface area contributed by atoms with Gasteiger partial charge in [-0.1, -0.05) is 39.8 Å². The molecular weight excluding hydrogens is 248 g/mol. The van der Waals surface area contributed by atoms with Gasteiger partial charge in [-0.15, -0.1) is 0 Å². The SMILES string of the molecule is CCC(CC)N(CC(C)C)C(=O)Cc1ccc(N)cc1. The van der Waals surface area contributed by atoms with E-state index in [0.717, 1.165) is 30.6 Å². The minimum atomic E-state index is 0.220. The molecule has 2 N–H and O–H groups in total. The third-order valence-electron chi connectivity index (χ3n) is 3.60. The summed E-state index contributed by atoms with van der Waals surface area (Å²) in [6, 6.07) is 7.93. The fourth-order valence-corrected chi connectivity index (χ4v) is 2.49. The van der Waals surface area contributed by atoms with Gasteiger partial charge in [0.1, 0.15) is 0 Å². The monoisotopic (exact) mass is 276 g/mol. The number of carbonyl (C=O) groups excluding carboxylic acids is 1. The van der Waals surface area contributed by atoms with Crippen LogP contribution in [0.1, 0.15) is 46.1 Å². The Morgan fingerprint density at radius 1 is 1.15 bits per heavy atom. The number of nitrogens with zero attached hydrogens (tertiary/aromatic N) is 1. The second-order valence-corrected chi connectivity index (χ2v) is 5.83. The summed E-state index contributed by atoms with van der Waals surface area (Å²) in [5, 5.41) is 0. The lowest BCUT2D eigenvalue weighted by Crippen LogP contribution is -2.42. The van der Waals surface area contributed by atoms with E-state index in [1.807, 2.05) is 24.3 Å². The van der Waals surface area contributed by atoms with Crippen LogP contribution in [-0.4, -0.2) is 23.4 Å². The number of nitrogen functional groups attached to an aromatic ring is 1. The molecule has 0 atom stereocenters. The molecular formula is C17H28N2O. The molecule has 0 aliphatic carbocycles. The van der Waals surface area contributed by atoms with Crippen molar-refractivity contribution >= 4 is 11.6 Å². The molecule has 3 nitrogen and oxygen atoms in total. The van der Waals surface area contributed by atoms with E-state index < -0.39 is 0 Å². The summed E-state index contributed by atoms with van der Waals surface area (Å²) < 4.78 is 0. The number of amides is 1. The first-order valence-corrected chi connectivity index (χ1v) is 7.61. The molecule has 0 aliphatic heterocycles. The van der Waals surface area contributed by atoms with Crippen LogP contribution in [0.3, 0.4) is 0 Å². The van der Waals surface area contributed by atoms with Gasteiger partial charge in [0.15, 0.2) is 0 Å². The molecule has 112 valence electrons. The van der Waals surface area contributed by atoms with Crippen molar-refractivity contribution in [2.45, 2.75) is 53.0 Å². The Bertz CT molecular complexity index is 408. The average molecular weight is 276 g/mol. The Balaban J connectivity index is 2.79. The lowest BCUT2D eigenvalue weighted by atomic mass is 10.0. The number of hydrogen-bond donors (Lipinski definition) is 1. The second-order valence-electron chi connectivity index (χ2n) is 5.83. The number of benzene rings is 1. The highest BCUT2D eigenvalue weighted by molar-refractivity contribution is 5.79. The van der Waals surface area contributed by atoms with Gasteiger partial charge in [-0.25, -0.2) is 0 Å². The Morgan fingerprint density at radius 3 is 2.15 bits per heavy atom. The maximum atomic E-state index is 12.6. The number of hydrogen-bond acceptors (Lipinski definition) is 2. The van der Waals surface area contributed by atoms with Crippen molar-refractivity contribution in [1.82, 2.24) is 4.90 Å². The molecule has 0 aliphatic rings. The van der Waals surface area contributed by atoms with E-state index in [4.69, 9.17) is 5.73 Å². The van der Waals surface area contributed by atoms with Crippen molar-refractivity contribution < 1.29 is 4.79 Å². The van der Waals surface area contributed by atoms with Crippen molar-refractivity contribution in [3.05, 3.63) is 29.8 Å². The molecule has 3 heteroatoms. The summed E-state index contributed by atoms with van der Waals surface area (Å²) in [4.78, 5) is 14.6. The molecule has 1 amide bonds. The van der Waals surface area contributed by atoms with E-state index in [0.29, 0.717) is 18.4 Å². The van der Waals surface area contributed by atoms with Gasteiger partial charge in [-0.2, -0.15) is 0 Å². The van der Waals surface area contributed by atoms with Gasteiger partial charge in [0.2, 0.25) is 5.91 Å². The molecule has 0 saturated heterocycles. The number of nitrogens with two attached hydrogens (primary N) is 1. The van der Waals surface area contributed by atoms with Crippen LogP contribution in [0.15, 0.2) is 24.3 Å². The van der Waals surface area contributed by atoms with E-state index in [1.54, 1.807) is 0 Å². The molecule has 1 rings (SSSR count). The largest absolute Gasteiger partial charge is 0.399 e. The van der Waals surface area contributed by atoms with Gasteiger partial charge >= 0.3 is 0 Å². The highest BCUT2D eigenvalue weighted by Crippen LogP contribution is 2.15. The molecule has 0 spiro atoms. The second kappa shape index (κ2) is 7.93. The van der Waals surface area contributed by atoms with E-state index in [9.17, 15) is 4.79 Å². The van der Waals surface area contributed by atoms with Crippen LogP contribution in [0.2, 0.25) is 0 Å². The molecule has 1 aromatic carbocycles. The van der Waals surface area contributed by atoms with Crippen molar-refractivity contribution in [3.8, 4) is 0 Å². The quantitative estimate of drug-likeness (QED) is 0.775. The molecule has 0 saturated carbocycles. The van der Waals surface area contributed by atoms with E-state index in [-0.39, 0.29) is 5.91 Å². The molecule has 0 aromatic heterocycles. The van der Waals surface area contributed by atoms with E-state index in [2.05, 4.69) is 32.6 Å². The van der Waals surface area contributed by atoms with Crippen LogP contribution in [-0.2, 0) is 11.2 Å². The van der Waals surface area contributed by atoms with Crippen LogP contribution >= 0.6 is 0 Å². The highest BCUT2D eigenvalue weighted by Gasteiger charge is 2.21. The zero-order valence-corrected chi connectivity index (χ0v) is 13.2. The number of rotatable bonds is 7. The van der Waals surface area contributed by atoms with E-state index >= 15 is 0 Å². The minimum absolute atomic E-state index is 0.220. The van der Waals surface area contributed by atoms with Gasteiger partial charge in [0.25, 0.3) is 0 Å². The van der Waals surface area contributed by atoms with Gasteiger partial charge in [0, 0.05) is 18.3 Å². The van der Waals surface area contributed by atoms with Gasteiger partial charge in [-0.3, -0.25) is 4.79 Å². The third kappa shape index (κ3) is 4.87. The Hall–Kier alpha value is -1.51. The first kappa shape index (κ1) is 16.5. The normalized spacial score (nSPS) is 11.1. The lowest BCUT2D eigenvalue weighted by molar-refractivity contribution is -0.133. The Labute approximate surface area is 123 Å². The topological polar surface area (TPSA) is 46.3 Å². The first-order chi connectivity index (χ1) is 9.47. The minimum Gasteiger partial charge on any atom is -0.399 e. The van der Waals surface area contributed by atoms with Crippen LogP contribution < -0.4 is 5.73 Å². The van der Waals surface area contributed by atoms with Crippen molar-refractivity contribution in [2.75, 3.05) is 12.3 Å². The average Bonchev–Trinajstić information content (AvgIpc) is 2.41. The van der Waals surface area contributed by atoms with Crippen LogP contribution in [0, 0.1) is 5.92 Å². The summed E-state index contributed by atoms with van der Waals surface area (Å²) in [7, 11) is 0. The fraction of sp³-hybridized carbons (Fsp3) is 0.588. The Morgan fingerprint density at radius 2 is 1.70 bits per heavy atom. The van der Waals surface area contributed by atoms with Crippen molar-refractivity contribution in [3.63, 3.8) is 0 Å². The van der Waals surface area contributed by atoms with Crippen LogP contribution in [0.25, 0.3) is 0 Å². The van der Waals surface area contributed by atoms with Crippen LogP contribution in [0.4, 0.5) is 5.69 Å². The fourth-order valence-electron chi connectivity index (χ4n) is 2.49. The summed E-state index contributed by atoms with van der Waals surface area (Å²) in [5.41, 5.74) is 7.45. The maximum absolute atomic E-state index is 12.6. The van der Waals surface area contributed by atoms with Crippen molar-refractivity contribution in [2.24, 2.45) is 5.92 Å². The van der Waals surface area contributed by atoms with Gasteiger partial charge in [-0.05, 0) is 36.5 Å². The summed E-state index contributed by atoms with van der Waals surface area (Å²) >= 11 is 0. The van der Waals surface area contributed by atoms with Crippen molar-refractivity contribution in [1.29, 1.82) is 0 Å². The van der Waals surface area contributed by atoms with Gasteiger partial charge in [0.05, 0.1) is 6.42 Å². The van der Waals surface area contributed by atoms with Crippen LogP contribution in [0.5, 0.6) is 0 Å². The zero-order valence-electron chi connectivity index (χ0n) is 13.2. The zero-order chi connectivity index (χ0) is 15.1. The molecule has 20 heavy (non-hydrogen) atoms. The third-order valence-corrected chi connectivity index (χ3v) is 3.60. The van der Waals surface area contributed by atoms with Gasteiger partial charge < -0.3 is 10.6 Å². The maximum Gasteiger partial charge on any atom is 0.227 e. The molecule has 0 heterocycles. The molecule has 0 bridgehead atoms. The first-order valence-electron chi connectivity index (χ1n) is 7.61. The summed E-state index contributed by atoms with van der Waals surface area (Å²) in [6.07, 6.45) is 2.48. The van der Waals surface area contributed by atoms with E-state index in [1.165, 1.54) is 0 Å². The molecule has 0 fully saturated rings. The summed E-state index contributed by atoms with van der Waals surface area (Å²) in [6.45, 7) is 9.45. The molecule has 0 radical (unpaired) electrons. The smallest absolute Gasteiger partial charge is 0.227 e. The summed E-state index contributed by atoms with van der Waals surface area (Å²) in [5.74, 6) is 0.711. The Kier molecular flexibility index (Phi) is 6.56. The molecule has 0 unspecified atom stereocenters. The number of anilines is 1. The number of carbonyl (C=O) groups is 1. The lowest BCUT2D eigenvalue weighted by Gasteiger charge is -2.32. The standard InChI is InChI=1S/C17H28N2O/c1-5-16(6-2)19(12-13(3)4)17(20)11-14-7-9-15(18)10-8-14/h7-10,13,16H,5-6,11-12,18H2,1-4H3. The predicted octanol–water partition coefficient (Wildman–Crippen LogP) is 3.48.